The number of benzene rings is 1. The minimum atomic E-state index is -0.123. The van der Waals surface area contributed by atoms with E-state index in [0.29, 0.717) is 5.92 Å². The molecule has 3 heteroatoms. The van der Waals surface area contributed by atoms with Crippen molar-refractivity contribution >= 4 is 15.9 Å². The van der Waals surface area contributed by atoms with Crippen LogP contribution in [0.2, 0.25) is 0 Å². The van der Waals surface area contributed by atoms with E-state index in [4.69, 9.17) is 0 Å². The molecule has 0 amide bonds. The van der Waals surface area contributed by atoms with Crippen molar-refractivity contribution in [3.8, 4) is 0 Å². The Morgan fingerprint density at radius 3 is 2.25 bits per heavy atom. The van der Waals surface area contributed by atoms with Gasteiger partial charge in [-0.05, 0) is 56.2 Å². The number of rotatable bonds is 5. The minimum Gasteiger partial charge on any atom is -0.312 e. The lowest BCUT2D eigenvalue weighted by atomic mass is 9.74. The lowest BCUT2D eigenvalue weighted by Gasteiger charge is -2.37. The molecular formula is C17H27BrFN. The van der Waals surface area contributed by atoms with Crippen molar-refractivity contribution < 1.29 is 4.39 Å². The fourth-order valence-electron chi connectivity index (χ4n) is 2.04. The first kappa shape index (κ1) is 17.6. The molecule has 0 radical (unpaired) electrons. The summed E-state index contributed by atoms with van der Waals surface area (Å²) in [5.41, 5.74) is 0.899. The Hall–Kier alpha value is -0.410. The smallest absolute Gasteiger partial charge is 0.127 e. The highest BCUT2D eigenvalue weighted by molar-refractivity contribution is 9.10. The summed E-state index contributed by atoms with van der Waals surface area (Å²) < 4.78 is 14.9. The van der Waals surface area contributed by atoms with Crippen LogP contribution in [0.5, 0.6) is 0 Å². The lowest BCUT2D eigenvalue weighted by molar-refractivity contribution is 0.186. The molecule has 1 N–H and O–H groups in total. The van der Waals surface area contributed by atoms with Gasteiger partial charge in [0.1, 0.15) is 5.82 Å². The summed E-state index contributed by atoms with van der Waals surface area (Å²) in [4.78, 5) is 0. The van der Waals surface area contributed by atoms with Crippen LogP contribution in [0.3, 0.4) is 0 Å². The molecule has 1 aromatic rings. The first-order chi connectivity index (χ1) is 9.03. The van der Waals surface area contributed by atoms with E-state index in [1.54, 1.807) is 6.07 Å². The molecule has 1 atom stereocenters. The van der Waals surface area contributed by atoms with Gasteiger partial charge in [0, 0.05) is 16.6 Å². The van der Waals surface area contributed by atoms with Crippen molar-refractivity contribution in [1.82, 2.24) is 5.32 Å². The minimum absolute atomic E-state index is 0.0297. The van der Waals surface area contributed by atoms with Crippen LogP contribution in [-0.4, -0.2) is 12.1 Å². The van der Waals surface area contributed by atoms with Crippen molar-refractivity contribution in [2.75, 3.05) is 6.54 Å². The van der Waals surface area contributed by atoms with Crippen LogP contribution >= 0.6 is 15.9 Å². The van der Waals surface area contributed by atoms with Gasteiger partial charge in [-0.25, -0.2) is 4.39 Å². The quantitative estimate of drug-likeness (QED) is 0.776. The summed E-state index contributed by atoms with van der Waals surface area (Å²) >= 11 is 3.31. The first-order valence-electron chi connectivity index (χ1n) is 7.22. The molecule has 114 valence electrons. The van der Waals surface area contributed by atoms with Crippen LogP contribution in [0.15, 0.2) is 22.7 Å². The number of nitrogens with one attached hydrogen (secondary N) is 1. The Morgan fingerprint density at radius 2 is 1.80 bits per heavy atom. The molecule has 20 heavy (non-hydrogen) atoms. The predicted molar refractivity (Wildman–Crippen MR) is 88.5 cm³/mol. The van der Waals surface area contributed by atoms with Gasteiger partial charge >= 0.3 is 0 Å². The molecule has 1 unspecified atom stereocenters. The van der Waals surface area contributed by atoms with E-state index in [0.717, 1.165) is 23.0 Å². The predicted octanol–water partition coefficient (Wildman–Crippen LogP) is 5.18. The Labute approximate surface area is 131 Å². The fourth-order valence-corrected chi connectivity index (χ4v) is 2.37. The van der Waals surface area contributed by atoms with Gasteiger partial charge in [0.25, 0.3) is 0 Å². The zero-order valence-corrected chi connectivity index (χ0v) is 15.1. The Bertz CT molecular complexity index is 451. The normalized spacial score (nSPS) is 15.4. The van der Waals surface area contributed by atoms with Gasteiger partial charge in [0.15, 0.2) is 0 Å². The molecule has 0 aromatic heterocycles. The van der Waals surface area contributed by atoms with Crippen molar-refractivity contribution in [2.24, 2.45) is 11.3 Å². The maximum atomic E-state index is 14.1. The van der Waals surface area contributed by atoms with Gasteiger partial charge in [-0.1, -0.05) is 42.8 Å². The second-order valence-corrected chi connectivity index (χ2v) is 8.24. The van der Waals surface area contributed by atoms with Gasteiger partial charge in [-0.3, -0.25) is 0 Å². The molecule has 0 fully saturated rings. The van der Waals surface area contributed by atoms with Crippen LogP contribution in [0, 0.1) is 17.2 Å². The topological polar surface area (TPSA) is 12.0 Å². The van der Waals surface area contributed by atoms with Crippen molar-refractivity contribution in [3.63, 3.8) is 0 Å². The maximum absolute atomic E-state index is 14.1. The third-order valence-electron chi connectivity index (χ3n) is 4.03. The lowest BCUT2D eigenvalue weighted by Crippen LogP contribution is -2.45. The van der Waals surface area contributed by atoms with E-state index in [1.165, 1.54) is 0 Å². The van der Waals surface area contributed by atoms with Crippen molar-refractivity contribution in [3.05, 3.63) is 34.1 Å². The number of hydrogen-bond donors (Lipinski definition) is 1. The van der Waals surface area contributed by atoms with Crippen molar-refractivity contribution in [2.45, 2.75) is 53.5 Å². The number of halogens is 2. The zero-order chi connectivity index (χ0) is 15.6. The second-order valence-electron chi connectivity index (χ2n) is 7.32. The average Bonchev–Trinajstić information content (AvgIpc) is 2.29. The van der Waals surface area contributed by atoms with Crippen molar-refractivity contribution in [1.29, 1.82) is 0 Å². The van der Waals surface area contributed by atoms with E-state index in [2.05, 4.69) is 62.8 Å². The van der Waals surface area contributed by atoms with Crippen LogP contribution in [-0.2, 0) is 6.42 Å². The highest BCUT2D eigenvalue weighted by Crippen LogP contribution is 2.32. The van der Waals surface area contributed by atoms with Crippen LogP contribution in [0.4, 0.5) is 4.39 Å². The molecule has 1 nitrogen and oxygen atoms in total. The maximum Gasteiger partial charge on any atom is 0.127 e. The van der Waals surface area contributed by atoms with E-state index < -0.39 is 0 Å². The van der Waals surface area contributed by atoms with E-state index in [1.807, 2.05) is 12.1 Å². The van der Waals surface area contributed by atoms with E-state index >= 15 is 0 Å². The third-order valence-corrected chi connectivity index (χ3v) is 4.52. The highest BCUT2D eigenvalue weighted by atomic mass is 79.9. The summed E-state index contributed by atoms with van der Waals surface area (Å²) in [6, 6.07) is 5.35. The van der Waals surface area contributed by atoms with Crippen LogP contribution in [0.25, 0.3) is 0 Å². The van der Waals surface area contributed by atoms with Gasteiger partial charge in [-0.15, -0.1) is 0 Å². The molecule has 0 spiro atoms. The molecule has 0 aliphatic carbocycles. The molecule has 1 rings (SSSR count). The summed E-state index contributed by atoms with van der Waals surface area (Å²) in [7, 11) is 0. The molecular weight excluding hydrogens is 317 g/mol. The monoisotopic (exact) mass is 343 g/mol. The highest BCUT2D eigenvalue weighted by Gasteiger charge is 2.30. The summed E-state index contributed by atoms with van der Waals surface area (Å²) in [6.07, 6.45) is 0.743. The second kappa shape index (κ2) is 6.57. The summed E-state index contributed by atoms with van der Waals surface area (Å²) in [6.45, 7) is 14.0. The zero-order valence-electron chi connectivity index (χ0n) is 13.5. The summed E-state index contributed by atoms with van der Waals surface area (Å²) in [5, 5.41) is 3.56. The van der Waals surface area contributed by atoms with Gasteiger partial charge in [0.2, 0.25) is 0 Å². The molecule has 0 aliphatic heterocycles. The largest absolute Gasteiger partial charge is 0.312 e. The van der Waals surface area contributed by atoms with Crippen LogP contribution < -0.4 is 5.32 Å². The Kier molecular flexibility index (Phi) is 5.79. The fraction of sp³-hybridized carbons (Fsp3) is 0.647. The van der Waals surface area contributed by atoms with E-state index in [-0.39, 0.29) is 16.8 Å². The third kappa shape index (κ3) is 5.17. The first-order valence-corrected chi connectivity index (χ1v) is 8.02. The van der Waals surface area contributed by atoms with Gasteiger partial charge in [-0.2, -0.15) is 0 Å². The number of hydrogen-bond acceptors (Lipinski definition) is 1. The van der Waals surface area contributed by atoms with Gasteiger partial charge < -0.3 is 5.32 Å². The molecule has 0 heterocycles. The van der Waals surface area contributed by atoms with Gasteiger partial charge in [0.05, 0.1) is 0 Å². The summed E-state index contributed by atoms with van der Waals surface area (Å²) in [5.74, 6) is 0.349. The Balaban J connectivity index is 2.91. The molecule has 0 bridgehead atoms. The SMILES string of the molecule is CC(C)C(C)(CNC(C)(C)C)Cc1ccc(Br)cc1F. The van der Waals surface area contributed by atoms with Crippen LogP contribution in [0.1, 0.15) is 47.1 Å². The average molecular weight is 344 g/mol. The molecule has 0 saturated carbocycles. The molecule has 0 saturated heterocycles. The standard InChI is InChI=1S/C17H27BrFN/c1-12(2)17(6,11-20-16(3,4)5)10-13-7-8-14(18)9-15(13)19/h7-9,12,20H,10-11H2,1-6H3. The van der Waals surface area contributed by atoms with E-state index in [9.17, 15) is 4.39 Å². The Morgan fingerprint density at radius 1 is 1.20 bits per heavy atom. The molecule has 1 aromatic carbocycles. The molecule has 0 aliphatic rings.